The van der Waals surface area contributed by atoms with E-state index in [2.05, 4.69) is 51.2 Å². The summed E-state index contributed by atoms with van der Waals surface area (Å²) in [6.45, 7) is 6.58. The van der Waals surface area contributed by atoms with Crippen LogP contribution in [0, 0.1) is 10.8 Å². The molecular weight excluding hydrogens is 284 g/mol. The van der Waals surface area contributed by atoms with E-state index in [4.69, 9.17) is 4.74 Å². The van der Waals surface area contributed by atoms with Gasteiger partial charge in [0.05, 0.1) is 0 Å². The molecule has 2 bridgehead atoms. The predicted molar refractivity (Wildman–Crippen MR) is 94.1 cm³/mol. The third-order valence-corrected chi connectivity index (χ3v) is 5.21. The van der Waals surface area contributed by atoms with Gasteiger partial charge in [-0.1, -0.05) is 63.3 Å². The standard InChI is InChI=1S/C21H26O2/c1-19(2)9-5-6-16(7-10-19)18(22)17-8-11-21(23-4)13-12-20(3,14-17)15-21/h6-8,10-14H,5,9,15H2,1-4H3. The van der Waals surface area contributed by atoms with Crippen molar-refractivity contribution < 1.29 is 9.53 Å². The van der Waals surface area contributed by atoms with E-state index in [0.29, 0.717) is 0 Å². The van der Waals surface area contributed by atoms with Gasteiger partial charge in [-0.2, -0.15) is 0 Å². The van der Waals surface area contributed by atoms with Crippen molar-refractivity contribution in [3.63, 3.8) is 0 Å². The van der Waals surface area contributed by atoms with Crippen LogP contribution in [0.1, 0.15) is 40.0 Å². The number of hydrogen-bond acceptors (Lipinski definition) is 2. The summed E-state index contributed by atoms with van der Waals surface area (Å²) in [6, 6.07) is 0. The summed E-state index contributed by atoms with van der Waals surface area (Å²) in [4.78, 5) is 13.0. The van der Waals surface area contributed by atoms with E-state index in [1.165, 1.54) is 0 Å². The molecule has 0 amide bonds. The highest BCUT2D eigenvalue weighted by Crippen LogP contribution is 2.44. The van der Waals surface area contributed by atoms with Crippen LogP contribution in [-0.4, -0.2) is 18.5 Å². The molecule has 2 nitrogen and oxygen atoms in total. The molecule has 3 aliphatic rings. The molecule has 0 heterocycles. The Balaban J connectivity index is 1.92. The molecule has 122 valence electrons. The third kappa shape index (κ3) is 3.18. The first kappa shape index (κ1) is 16.2. The maximum Gasteiger partial charge on any atom is 0.192 e. The number of rotatable bonds is 3. The van der Waals surface area contributed by atoms with Crippen LogP contribution in [0.25, 0.3) is 0 Å². The zero-order chi connectivity index (χ0) is 16.7. The number of carbonyl (C=O) groups is 1. The smallest absolute Gasteiger partial charge is 0.192 e. The normalized spacial score (nSPS) is 34.6. The number of fused-ring (bicyclic) bond motifs is 2. The minimum absolute atomic E-state index is 0.114. The second-order valence-corrected chi connectivity index (χ2v) is 7.96. The Kier molecular flexibility index (Phi) is 3.84. The fourth-order valence-electron chi connectivity index (χ4n) is 3.64. The lowest BCUT2D eigenvalue weighted by Gasteiger charge is -2.25. The van der Waals surface area contributed by atoms with Crippen LogP contribution >= 0.6 is 0 Å². The fraction of sp³-hybridized carbons (Fsp3) is 0.476. The Bertz CT molecular complexity index is 672. The van der Waals surface area contributed by atoms with Gasteiger partial charge in [-0.15, -0.1) is 0 Å². The van der Waals surface area contributed by atoms with Gasteiger partial charge in [0.1, 0.15) is 5.60 Å². The minimum Gasteiger partial charge on any atom is -0.370 e. The molecule has 0 aromatic heterocycles. The fourth-order valence-corrected chi connectivity index (χ4v) is 3.64. The van der Waals surface area contributed by atoms with Gasteiger partial charge < -0.3 is 4.74 Å². The molecule has 3 aliphatic carbocycles. The van der Waals surface area contributed by atoms with Crippen molar-refractivity contribution in [1.29, 1.82) is 0 Å². The largest absolute Gasteiger partial charge is 0.370 e. The minimum atomic E-state index is -0.372. The van der Waals surface area contributed by atoms with Gasteiger partial charge in [0.2, 0.25) is 0 Å². The number of ether oxygens (including phenoxy) is 1. The first-order valence-electron chi connectivity index (χ1n) is 8.38. The second-order valence-electron chi connectivity index (χ2n) is 7.96. The topological polar surface area (TPSA) is 26.3 Å². The molecule has 0 aromatic carbocycles. The lowest BCUT2D eigenvalue weighted by atomic mass is 9.85. The molecule has 0 N–H and O–H groups in total. The molecule has 23 heavy (non-hydrogen) atoms. The van der Waals surface area contributed by atoms with Crippen molar-refractivity contribution in [3.05, 3.63) is 59.8 Å². The molecule has 0 aromatic rings. The number of hydrogen-bond donors (Lipinski definition) is 0. The van der Waals surface area contributed by atoms with Crippen molar-refractivity contribution in [3.8, 4) is 0 Å². The Hall–Kier alpha value is -1.67. The monoisotopic (exact) mass is 310 g/mol. The van der Waals surface area contributed by atoms with Crippen LogP contribution in [0.2, 0.25) is 0 Å². The van der Waals surface area contributed by atoms with Crippen LogP contribution in [0.3, 0.4) is 0 Å². The summed E-state index contributed by atoms with van der Waals surface area (Å²) in [5, 5.41) is 0. The summed E-state index contributed by atoms with van der Waals surface area (Å²) in [6.07, 6.45) is 19.4. The lowest BCUT2D eigenvalue weighted by molar-refractivity contribution is -0.111. The Morgan fingerprint density at radius 3 is 2.52 bits per heavy atom. The maximum atomic E-state index is 13.0. The molecule has 0 fully saturated rings. The van der Waals surface area contributed by atoms with Crippen molar-refractivity contribution in [2.45, 2.75) is 45.6 Å². The third-order valence-electron chi connectivity index (χ3n) is 5.21. The van der Waals surface area contributed by atoms with Gasteiger partial charge in [0, 0.05) is 23.7 Å². The zero-order valence-electron chi connectivity index (χ0n) is 14.6. The van der Waals surface area contributed by atoms with Gasteiger partial charge in [-0.05, 0) is 30.8 Å². The number of Topliss-reactive ketones (excluding diaryl/α,β-unsaturated/α-hetero) is 1. The van der Waals surface area contributed by atoms with Crippen molar-refractivity contribution in [1.82, 2.24) is 0 Å². The molecule has 2 atom stereocenters. The maximum absolute atomic E-state index is 13.0. The Morgan fingerprint density at radius 1 is 1.04 bits per heavy atom. The van der Waals surface area contributed by atoms with Gasteiger partial charge in [0.15, 0.2) is 5.78 Å². The molecule has 0 saturated carbocycles. The molecule has 0 saturated heterocycles. The van der Waals surface area contributed by atoms with Crippen LogP contribution < -0.4 is 0 Å². The molecule has 2 unspecified atom stereocenters. The second kappa shape index (κ2) is 5.45. The molecular formula is C21H26O2. The van der Waals surface area contributed by atoms with E-state index < -0.39 is 0 Å². The highest BCUT2D eigenvalue weighted by Gasteiger charge is 2.40. The van der Waals surface area contributed by atoms with E-state index in [1.54, 1.807) is 7.11 Å². The summed E-state index contributed by atoms with van der Waals surface area (Å²) < 4.78 is 5.69. The van der Waals surface area contributed by atoms with Crippen LogP contribution in [0.4, 0.5) is 0 Å². The number of carbonyl (C=O) groups excluding carboxylic acids is 1. The first-order valence-corrected chi connectivity index (χ1v) is 8.38. The Morgan fingerprint density at radius 2 is 1.78 bits per heavy atom. The van der Waals surface area contributed by atoms with Crippen molar-refractivity contribution in [2.75, 3.05) is 7.11 Å². The highest BCUT2D eigenvalue weighted by molar-refractivity contribution is 6.12. The summed E-state index contributed by atoms with van der Waals surface area (Å²) in [7, 11) is 1.73. The lowest BCUT2D eigenvalue weighted by Crippen LogP contribution is -2.26. The van der Waals surface area contributed by atoms with Gasteiger partial charge in [-0.25, -0.2) is 0 Å². The summed E-state index contributed by atoms with van der Waals surface area (Å²) in [5.41, 5.74) is 1.23. The van der Waals surface area contributed by atoms with Gasteiger partial charge in [-0.3, -0.25) is 4.79 Å². The summed E-state index contributed by atoms with van der Waals surface area (Å²) >= 11 is 0. The van der Waals surface area contributed by atoms with E-state index in [1.807, 2.05) is 18.2 Å². The Labute approximate surface area is 139 Å². The van der Waals surface area contributed by atoms with Crippen molar-refractivity contribution >= 4 is 5.78 Å². The molecule has 2 heteroatoms. The number of allylic oxidation sites excluding steroid dienone is 8. The van der Waals surface area contributed by atoms with E-state index in [9.17, 15) is 4.79 Å². The van der Waals surface area contributed by atoms with Crippen LogP contribution in [-0.2, 0) is 9.53 Å². The molecule has 3 rings (SSSR count). The van der Waals surface area contributed by atoms with Gasteiger partial charge in [0.25, 0.3) is 0 Å². The molecule has 0 aliphatic heterocycles. The molecule has 0 spiro atoms. The quantitative estimate of drug-likeness (QED) is 0.706. The van der Waals surface area contributed by atoms with Crippen LogP contribution in [0.5, 0.6) is 0 Å². The highest BCUT2D eigenvalue weighted by atomic mass is 16.5. The average Bonchev–Trinajstić information content (AvgIpc) is 2.63. The molecule has 0 radical (unpaired) electrons. The van der Waals surface area contributed by atoms with Crippen molar-refractivity contribution in [2.24, 2.45) is 10.8 Å². The SMILES string of the molecule is COC12C=CC(C(=O)C3=CCCC(C)(C)C=C3)=CC(C)(C=C1)C2. The number of ketones is 1. The zero-order valence-corrected chi connectivity index (χ0v) is 14.6. The van der Waals surface area contributed by atoms with E-state index in [-0.39, 0.29) is 22.2 Å². The summed E-state index contributed by atoms with van der Waals surface area (Å²) in [5.74, 6) is 0.114. The number of methoxy groups -OCH3 is 1. The van der Waals surface area contributed by atoms with Gasteiger partial charge >= 0.3 is 0 Å². The van der Waals surface area contributed by atoms with E-state index in [0.717, 1.165) is 30.4 Å². The average molecular weight is 310 g/mol. The van der Waals surface area contributed by atoms with Crippen LogP contribution in [0.15, 0.2) is 59.8 Å². The first-order chi connectivity index (χ1) is 10.8. The predicted octanol–water partition coefficient (Wildman–Crippen LogP) is 4.71. The van der Waals surface area contributed by atoms with E-state index >= 15 is 0 Å².